The summed E-state index contributed by atoms with van der Waals surface area (Å²) in [6.45, 7) is 0. The first-order valence-electron chi connectivity index (χ1n) is 15.9. The molecule has 1 aliphatic rings. The molecule has 2 heterocycles. The van der Waals surface area contributed by atoms with E-state index < -0.39 is 0 Å². The fourth-order valence-electron chi connectivity index (χ4n) is 7.12. The second-order valence-corrected chi connectivity index (χ2v) is 11.9. The molecule has 0 fully saturated rings. The Hall–Kier alpha value is -5.93. The molecule has 8 aromatic rings. The van der Waals surface area contributed by atoms with Gasteiger partial charge in [-0.05, 0) is 72.0 Å². The molecule has 0 bridgehead atoms. The minimum atomic E-state index is 0.906. The van der Waals surface area contributed by atoms with Crippen LogP contribution < -0.4 is 0 Å². The number of nitrogens with zero attached hydrogens (tertiary/aromatic N) is 3. The van der Waals surface area contributed by atoms with Gasteiger partial charge in [0.15, 0.2) is 0 Å². The van der Waals surface area contributed by atoms with E-state index in [0.717, 1.165) is 35.3 Å². The van der Waals surface area contributed by atoms with E-state index in [0.29, 0.717) is 0 Å². The summed E-state index contributed by atoms with van der Waals surface area (Å²) >= 11 is 0. The molecule has 0 saturated carbocycles. The monoisotopic (exact) mass is 589 g/mol. The third-order valence-corrected chi connectivity index (χ3v) is 9.23. The highest BCUT2D eigenvalue weighted by Gasteiger charge is 2.22. The van der Waals surface area contributed by atoms with Crippen molar-refractivity contribution in [2.24, 2.45) is 0 Å². The first-order chi connectivity index (χ1) is 22.8. The largest absolute Gasteiger partial charge is 0.312 e. The lowest BCUT2D eigenvalue weighted by Crippen LogP contribution is -2.06. The van der Waals surface area contributed by atoms with Gasteiger partial charge in [0.1, 0.15) is 5.82 Å². The number of hydrogen-bond donors (Lipinski definition) is 0. The standard InChI is InChI=1S/C43H31N3/c1-4-14-30(15-5-1)33-28-37(31-16-6-2-7-17-31)42-38(29-33)36-20-10-12-22-40(36)45(42)34-24-26-35(27-25-34)46-41-23-13-11-21-39(41)44-43(46)32-18-8-3-9-19-32/h1-24,26,28-29H,25,27H2. The van der Waals surface area contributed by atoms with Gasteiger partial charge in [0, 0.05) is 33.3 Å². The molecule has 0 amide bonds. The number of hydrogen-bond acceptors (Lipinski definition) is 1. The summed E-state index contributed by atoms with van der Waals surface area (Å²) < 4.78 is 4.87. The van der Waals surface area contributed by atoms with Gasteiger partial charge in [-0.15, -0.1) is 0 Å². The molecule has 0 aliphatic heterocycles. The zero-order chi connectivity index (χ0) is 30.5. The van der Waals surface area contributed by atoms with Crippen molar-refractivity contribution in [2.75, 3.05) is 0 Å². The second kappa shape index (κ2) is 10.9. The van der Waals surface area contributed by atoms with Crippen molar-refractivity contribution in [3.05, 3.63) is 164 Å². The molecule has 3 heteroatoms. The van der Waals surface area contributed by atoms with Crippen molar-refractivity contribution in [2.45, 2.75) is 12.8 Å². The van der Waals surface area contributed by atoms with Crippen LogP contribution >= 0.6 is 0 Å². The molecular weight excluding hydrogens is 558 g/mol. The van der Waals surface area contributed by atoms with E-state index in [1.54, 1.807) is 0 Å². The predicted octanol–water partition coefficient (Wildman–Crippen LogP) is 11.3. The number of rotatable bonds is 5. The van der Waals surface area contributed by atoms with Crippen LogP contribution in [0, 0.1) is 0 Å². The van der Waals surface area contributed by atoms with Gasteiger partial charge in [-0.25, -0.2) is 4.98 Å². The first-order valence-corrected chi connectivity index (χ1v) is 15.9. The SMILES string of the molecule is C1=C(n2c(-c3ccccc3)nc3ccccc32)CCC(n2c3ccccc3c3cc(-c4ccccc4)cc(-c4ccccc4)c32)=C1. The van der Waals surface area contributed by atoms with Crippen molar-refractivity contribution in [3.8, 4) is 33.6 Å². The Morgan fingerprint density at radius 1 is 0.435 bits per heavy atom. The summed E-state index contributed by atoms with van der Waals surface area (Å²) in [5.74, 6) is 0.988. The summed E-state index contributed by atoms with van der Waals surface area (Å²) in [7, 11) is 0. The Bertz CT molecular complexity index is 2440. The molecule has 218 valence electrons. The van der Waals surface area contributed by atoms with Crippen LogP contribution in [0.4, 0.5) is 0 Å². The molecule has 0 unspecified atom stereocenters. The highest BCUT2D eigenvalue weighted by atomic mass is 15.1. The molecule has 2 aromatic heterocycles. The zero-order valence-corrected chi connectivity index (χ0v) is 25.3. The van der Waals surface area contributed by atoms with Crippen molar-refractivity contribution in [1.29, 1.82) is 0 Å². The van der Waals surface area contributed by atoms with Gasteiger partial charge in [0.2, 0.25) is 0 Å². The van der Waals surface area contributed by atoms with Gasteiger partial charge < -0.3 is 4.57 Å². The summed E-state index contributed by atoms with van der Waals surface area (Å²) in [5, 5.41) is 2.55. The van der Waals surface area contributed by atoms with E-state index in [4.69, 9.17) is 4.98 Å². The van der Waals surface area contributed by atoms with Crippen LogP contribution in [0.2, 0.25) is 0 Å². The summed E-state index contributed by atoms with van der Waals surface area (Å²) in [6.07, 6.45) is 6.45. The molecule has 0 saturated heterocycles. The highest BCUT2D eigenvalue weighted by Crippen LogP contribution is 2.43. The Labute approximate surface area is 268 Å². The van der Waals surface area contributed by atoms with E-state index in [1.807, 2.05) is 0 Å². The summed E-state index contributed by atoms with van der Waals surface area (Å²) in [4.78, 5) is 5.08. The number of benzene rings is 6. The minimum absolute atomic E-state index is 0.906. The maximum absolute atomic E-state index is 5.08. The van der Waals surface area contributed by atoms with Crippen LogP contribution in [0.5, 0.6) is 0 Å². The third-order valence-electron chi connectivity index (χ3n) is 9.23. The minimum Gasteiger partial charge on any atom is -0.312 e. The number of allylic oxidation sites excluding steroid dienone is 4. The van der Waals surface area contributed by atoms with Gasteiger partial charge in [-0.2, -0.15) is 0 Å². The van der Waals surface area contributed by atoms with Crippen LogP contribution in [0.1, 0.15) is 12.8 Å². The molecule has 46 heavy (non-hydrogen) atoms. The summed E-state index contributed by atoms with van der Waals surface area (Å²) in [6, 6.07) is 54.1. The molecule has 3 nitrogen and oxygen atoms in total. The Kier molecular flexibility index (Phi) is 6.27. The maximum Gasteiger partial charge on any atom is 0.145 e. The molecule has 0 radical (unpaired) electrons. The van der Waals surface area contributed by atoms with Gasteiger partial charge in [0.05, 0.1) is 22.1 Å². The van der Waals surface area contributed by atoms with Crippen LogP contribution in [0.15, 0.2) is 164 Å². The van der Waals surface area contributed by atoms with E-state index in [1.165, 1.54) is 55.5 Å². The topological polar surface area (TPSA) is 22.8 Å². The normalized spacial score (nSPS) is 13.3. The van der Waals surface area contributed by atoms with Gasteiger partial charge in [-0.3, -0.25) is 4.57 Å². The Morgan fingerprint density at radius 2 is 1.00 bits per heavy atom. The number of fused-ring (bicyclic) bond motifs is 4. The van der Waals surface area contributed by atoms with Gasteiger partial charge in [-0.1, -0.05) is 121 Å². The molecule has 0 atom stereocenters. The smallest absolute Gasteiger partial charge is 0.145 e. The number of imidazole rings is 1. The van der Waals surface area contributed by atoms with E-state index >= 15 is 0 Å². The van der Waals surface area contributed by atoms with E-state index in [-0.39, 0.29) is 0 Å². The summed E-state index contributed by atoms with van der Waals surface area (Å²) in [5.41, 5.74) is 13.3. The van der Waals surface area contributed by atoms with Gasteiger partial charge >= 0.3 is 0 Å². The van der Waals surface area contributed by atoms with Gasteiger partial charge in [0.25, 0.3) is 0 Å². The Morgan fingerprint density at radius 3 is 1.70 bits per heavy atom. The van der Waals surface area contributed by atoms with Crippen molar-refractivity contribution in [1.82, 2.24) is 14.1 Å². The highest BCUT2D eigenvalue weighted by molar-refractivity contribution is 6.16. The van der Waals surface area contributed by atoms with Crippen molar-refractivity contribution >= 4 is 44.2 Å². The zero-order valence-electron chi connectivity index (χ0n) is 25.3. The quantitative estimate of drug-likeness (QED) is 0.196. The molecule has 0 N–H and O–H groups in total. The molecule has 9 rings (SSSR count). The lowest BCUT2D eigenvalue weighted by Gasteiger charge is -2.21. The average molecular weight is 590 g/mol. The first kappa shape index (κ1) is 26.5. The second-order valence-electron chi connectivity index (χ2n) is 11.9. The third kappa shape index (κ3) is 4.32. The van der Waals surface area contributed by atoms with Crippen LogP contribution in [0.25, 0.3) is 77.9 Å². The average Bonchev–Trinajstić information content (AvgIpc) is 3.69. The predicted molar refractivity (Wildman–Crippen MR) is 193 cm³/mol. The molecule has 6 aromatic carbocycles. The number of para-hydroxylation sites is 3. The van der Waals surface area contributed by atoms with E-state index in [2.05, 4.69) is 173 Å². The Balaban J connectivity index is 1.27. The fourth-order valence-corrected chi connectivity index (χ4v) is 7.12. The van der Waals surface area contributed by atoms with Crippen LogP contribution in [-0.2, 0) is 0 Å². The fraction of sp³-hybridized carbons (Fsp3) is 0.0465. The number of aromatic nitrogens is 3. The van der Waals surface area contributed by atoms with Crippen molar-refractivity contribution in [3.63, 3.8) is 0 Å². The molecule has 1 aliphatic carbocycles. The lowest BCUT2D eigenvalue weighted by molar-refractivity contribution is 0.933. The van der Waals surface area contributed by atoms with Crippen LogP contribution in [-0.4, -0.2) is 14.1 Å². The van der Waals surface area contributed by atoms with Crippen molar-refractivity contribution < 1.29 is 0 Å². The van der Waals surface area contributed by atoms with Crippen LogP contribution in [0.3, 0.4) is 0 Å². The lowest BCUT2D eigenvalue weighted by atomic mass is 9.95. The molecule has 0 spiro atoms. The molecular formula is C43H31N3. The van der Waals surface area contributed by atoms with E-state index in [9.17, 15) is 0 Å². The maximum atomic E-state index is 5.08.